The molecule has 23 heteroatoms. The van der Waals surface area contributed by atoms with Crippen LogP contribution in [0.1, 0.15) is 126 Å². The Hall–Kier alpha value is -8.11. The predicted molar refractivity (Wildman–Crippen MR) is 284 cm³/mol. The van der Waals surface area contributed by atoms with Crippen LogP contribution < -0.4 is 47.1 Å². The maximum absolute atomic E-state index is 15.1. The van der Waals surface area contributed by atoms with Gasteiger partial charge in [0.2, 0.25) is 17.7 Å². The normalized spacial score (nSPS) is 16.2. The van der Waals surface area contributed by atoms with Crippen molar-refractivity contribution in [1.82, 2.24) is 52.0 Å². The number of nitrogens with one attached hydrogen (secondary N) is 8. The Balaban J connectivity index is 1.65. The van der Waals surface area contributed by atoms with Crippen LogP contribution in [0.25, 0.3) is 11.1 Å². The van der Waals surface area contributed by atoms with E-state index in [1.165, 1.54) is 14.0 Å². The van der Waals surface area contributed by atoms with Crippen LogP contribution >= 0.6 is 0 Å². The van der Waals surface area contributed by atoms with Gasteiger partial charge in [0.1, 0.15) is 59.6 Å². The minimum Gasteiger partial charge on any atom is -0.491 e. The van der Waals surface area contributed by atoms with Crippen molar-refractivity contribution in [2.24, 2.45) is 0 Å². The van der Waals surface area contributed by atoms with E-state index in [4.69, 9.17) is 23.7 Å². The summed E-state index contributed by atoms with van der Waals surface area (Å²) in [6.07, 6.45) is -2.16. The lowest BCUT2D eigenvalue weighted by Gasteiger charge is -2.33. The number of amides is 7. The molecule has 2 heterocycles. The van der Waals surface area contributed by atoms with E-state index in [2.05, 4.69) is 47.1 Å². The molecular weight excluding hydrogens is 997 g/mol. The van der Waals surface area contributed by atoms with Crippen LogP contribution in [-0.4, -0.2) is 131 Å². The van der Waals surface area contributed by atoms with Gasteiger partial charge >= 0.3 is 24.0 Å². The Bertz CT molecular complexity index is 2840. The van der Waals surface area contributed by atoms with Crippen LogP contribution in [0.15, 0.2) is 59.4 Å². The molecule has 0 spiro atoms. The van der Waals surface area contributed by atoms with Gasteiger partial charge in [0.15, 0.2) is 5.82 Å². The summed E-state index contributed by atoms with van der Waals surface area (Å²) in [7, 11) is 1.38. The largest absolute Gasteiger partial charge is 0.491 e. The molecule has 418 valence electrons. The second-order valence-corrected chi connectivity index (χ2v) is 21.6. The van der Waals surface area contributed by atoms with E-state index in [0.29, 0.717) is 27.8 Å². The van der Waals surface area contributed by atoms with Gasteiger partial charge in [-0.05, 0) is 143 Å². The molecule has 8 N–H and O–H groups in total. The standard InChI is InChI=1S/C54H74N10O13/c1-30-14-17-35(31(2)26-30)45(66)59-38(20-21-55-49(70)75-52(4,5)6)47(68)64(13)42-34-16-19-41(74-25-23-57-51(72)77-54(10,11)12)37(29-34)36-27-33(15-18-40(36)73-24-22-56-50(71)76-53(7,8)9)28-39(43-61-48(69)63-62-43)60-44(65)32(3)58-46(42)67/h14-19,26-27,29,32,38-39,42H,20-25,28H2,1-13H3,(H,55,70)(H,56,71)(H,57,72)(H,58,67)(H,59,66)(H,60,65)(H2,61,62,63,69)/t32-,38-,39-,42-/m0/s1. The van der Waals surface area contributed by atoms with Crippen LogP contribution in [0.2, 0.25) is 0 Å². The Kier molecular flexibility index (Phi) is 19.9. The summed E-state index contributed by atoms with van der Waals surface area (Å²) in [6.45, 7) is 20.4. The molecule has 4 aromatic rings. The summed E-state index contributed by atoms with van der Waals surface area (Å²) in [5.41, 5.74) is 0.457. The Morgan fingerprint density at radius 1 is 0.701 bits per heavy atom. The van der Waals surface area contributed by atoms with Crippen molar-refractivity contribution < 1.29 is 57.2 Å². The maximum Gasteiger partial charge on any atom is 0.407 e. The molecule has 1 aromatic heterocycles. The van der Waals surface area contributed by atoms with Gasteiger partial charge in [-0.1, -0.05) is 29.8 Å². The van der Waals surface area contributed by atoms with E-state index in [1.807, 2.05) is 13.0 Å². The van der Waals surface area contributed by atoms with Crippen molar-refractivity contribution in [2.45, 2.75) is 137 Å². The molecule has 4 atom stereocenters. The molecule has 0 radical (unpaired) electrons. The van der Waals surface area contributed by atoms with Crippen molar-refractivity contribution in [1.29, 1.82) is 0 Å². The highest BCUT2D eigenvalue weighted by molar-refractivity contribution is 6.00. The first-order valence-electron chi connectivity index (χ1n) is 25.3. The van der Waals surface area contributed by atoms with Crippen molar-refractivity contribution in [3.8, 4) is 22.6 Å². The first-order chi connectivity index (χ1) is 36.0. The Morgan fingerprint density at radius 2 is 1.25 bits per heavy atom. The Morgan fingerprint density at radius 3 is 1.78 bits per heavy atom. The highest BCUT2D eigenvalue weighted by Crippen LogP contribution is 2.40. The average Bonchev–Trinajstić information content (AvgIpc) is 3.76. The van der Waals surface area contributed by atoms with Gasteiger partial charge in [0.05, 0.1) is 19.1 Å². The summed E-state index contributed by atoms with van der Waals surface area (Å²) < 4.78 is 28.9. The third-order valence-corrected chi connectivity index (χ3v) is 11.4. The number of alkyl carbamates (subject to hydrolysis) is 3. The second-order valence-electron chi connectivity index (χ2n) is 21.6. The van der Waals surface area contributed by atoms with Crippen LogP contribution in [0.3, 0.4) is 0 Å². The molecule has 7 amide bonds. The number of H-pyrrole nitrogens is 2. The minimum atomic E-state index is -1.52. The Labute approximate surface area is 448 Å². The predicted octanol–water partition coefficient (Wildman–Crippen LogP) is 5.32. The lowest BCUT2D eigenvalue weighted by atomic mass is 9.93. The molecule has 0 saturated carbocycles. The number of hydrogen-bond acceptors (Lipinski definition) is 14. The van der Waals surface area contributed by atoms with Crippen molar-refractivity contribution >= 4 is 41.9 Å². The van der Waals surface area contributed by atoms with Crippen molar-refractivity contribution in [3.05, 3.63) is 98.7 Å². The molecule has 0 fully saturated rings. The summed E-state index contributed by atoms with van der Waals surface area (Å²) in [6, 6.07) is 10.1. The minimum absolute atomic E-state index is 0.0112. The van der Waals surface area contributed by atoms with Gasteiger partial charge < -0.3 is 60.5 Å². The quantitative estimate of drug-likeness (QED) is 0.0521. The van der Waals surface area contributed by atoms with E-state index in [-0.39, 0.29) is 68.6 Å². The fraction of sp³-hybridized carbons (Fsp3) is 0.500. The number of hydrogen-bond donors (Lipinski definition) is 8. The second kappa shape index (κ2) is 25.6. The SMILES string of the molecule is Cc1ccc(C(=O)N[C@@H](CCNC(=O)OC(C)(C)C)C(=O)N(C)[C@@H]2C(=O)N[C@@H](C)C(=O)N[C@H](c3n[nH]c(=O)[nH]3)Cc3ccc(OCCNC(=O)OC(C)(C)C)c(c3)-c3cc2ccc3OCCNC(=O)OC(C)(C)C)c(C)c1. The number of carbonyl (C=O) groups is 7. The molecule has 0 aliphatic carbocycles. The number of aromatic nitrogens is 3. The van der Waals surface area contributed by atoms with Gasteiger partial charge in [-0.15, -0.1) is 0 Å². The molecule has 1 aliphatic heterocycles. The molecule has 0 unspecified atom stereocenters. The zero-order valence-electron chi connectivity index (χ0n) is 46.2. The smallest absolute Gasteiger partial charge is 0.407 e. The molecule has 3 aromatic carbocycles. The maximum atomic E-state index is 15.1. The van der Waals surface area contributed by atoms with E-state index in [0.717, 1.165) is 10.5 Å². The molecule has 5 rings (SSSR count). The number of likely N-dealkylation sites (N-methyl/N-ethyl adjacent to an activating group) is 1. The summed E-state index contributed by atoms with van der Waals surface area (Å²) >= 11 is 0. The third kappa shape index (κ3) is 18.3. The average molecular weight is 1070 g/mol. The lowest BCUT2D eigenvalue weighted by Crippen LogP contribution is -2.54. The topological polar surface area (TPSA) is 303 Å². The number of benzene rings is 3. The molecule has 1 aliphatic rings. The van der Waals surface area contributed by atoms with Crippen LogP contribution in [0.5, 0.6) is 11.5 Å². The zero-order valence-corrected chi connectivity index (χ0v) is 46.2. The molecule has 0 saturated heterocycles. The number of ether oxygens (including phenoxy) is 5. The van der Waals surface area contributed by atoms with Crippen molar-refractivity contribution in [2.75, 3.05) is 39.9 Å². The van der Waals surface area contributed by atoms with E-state index >= 15 is 4.79 Å². The van der Waals surface area contributed by atoms with Crippen LogP contribution in [0.4, 0.5) is 14.4 Å². The third-order valence-electron chi connectivity index (χ3n) is 11.4. The fourth-order valence-corrected chi connectivity index (χ4v) is 8.02. The molecule has 77 heavy (non-hydrogen) atoms. The fourth-order valence-electron chi connectivity index (χ4n) is 8.02. The van der Waals surface area contributed by atoms with Gasteiger partial charge in [0, 0.05) is 30.3 Å². The van der Waals surface area contributed by atoms with E-state index < -0.39 is 88.6 Å². The van der Waals surface area contributed by atoms with Gasteiger partial charge in [-0.2, -0.15) is 5.10 Å². The molecule has 23 nitrogen and oxygen atoms in total. The van der Waals surface area contributed by atoms with Crippen molar-refractivity contribution in [3.63, 3.8) is 0 Å². The number of aryl methyl sites for hydroxylation is 2. The van der Waals surface area contributed by atoms with E-state index in [1.54, 1.807) is 118 Å². The lowest BCUT2D eigenvalue weighted by molar-refractivity contribution is -0.141. The monoisotopic (exact) mass is 1070 g/mol. The summed E-state index contributed by atoms with van der Waals surface area (Å²) in [4.78, 5) is 112. The summed E-state index contributed by atoms with van der Waals surface area (Å²) in [5.74, 6) is -2.18. The molecular formula is C54H74N10O13. The number of nitrogens with zero attached hydrogens (tertiary/aromatic N) is 2. The van der Waals surface area contributed by atoms with Gasteiger partial charge in [-0.25, -0.2) is 24.3 Å². The molecule has 4 bridgehead atoms. The number of aromatic amines is 2. The highest BCUT2D eigenvalue weighted by Gasteiger charge is 2.36. The number of rotatable bonds is 16. The van der Waals surface area contributed by atoms with Crippen LogP contribution in [0, 0.1) is 13.8 Å². The summed E-state index contributed by atoms with van der Waals surface area (Å²) in [5, 5.41) is 22.9. The van der Waals surface area contributed by atoms with E-state index in [9.17, 15) is 33.6 Å². The first-order valence-corrected chi connectivity index (χ1v) is 25.3. The van der Waals surface area contributed by atoms with Crippen LogP contribution in [-0.2, 0) is 35.0 Å². The highest BCUT2D eigenvalue weighted by atomic mass is 16.6. The number of carbonyl (C=O) groups excluding carboxylic acids is 7. The number of fused-ring (bicyclic) bond motifs is 5. The van der Waals surface area contributed by atoms with Gasteiger partial charge in [-0.3, -0.25) is 24.2 Å². The first kappa shape index (κ1) is 59.8. The zero-order chi connectivity index (χ0) is 57.0. The van der Waals surface area contributed by atoms with Gasteiger partial charge in [0.25, 0.3) is 5.91 Å².